The van der Waals surface area contributed by atoms with Crippen LogP contribution in [0.2, 0.25) is 0 Å². The van der Waals surface area contributed by atoms with E-state index in [9.17, 15) is 13.2 Å². The van der Waals surface area contributed by atoms with Gasteiger partial charge in [0, 0.05) is 13.1 Å². The Bertz CT molecular complexity index is 761. The first kappa shape index (κ1) is 15.7. The zero-order valence-corrected chi connectivity index (χ0v) is 13.0. The molecule has 2 heterocycles. The molecule has 1 saturated heterocycles. The highest BCUT2D eigenvalue weighted by atomic mass is 32.2. The van der Waals surface area contributed by atoms with E-state index in [4.69, 9.17) is 13.9 Å². The van der Waals surface area contributed by atoms with Crippen molar-refractivity contribution in [1.82, 2.24) is 4.31 Å². The average molecular weight is 337 g/mol. The van der Waals surface area contributed by atoms with Crippen LogP contribution >= 0.6 is 0 Å². The number of nitrogens with zero attached hydrogens (tertiary/aromatic N) is 1. The van der Waals surface area contributed by atoms with E-state index in [1.807, 2.05) is 0 Å². The van der Waals surface area contributed by atoms with Gasteiger partial charge in [0.2, 0.25) is 10.0 Å². The van der Waals surface area contributed by atoms with Crippen LogP contribution < -0.4 is 4.74 Å². The Hall–Kier alpha value is -2.16. The Morgan fingerprint density at radius 2 is 1.78 bits per heavy atom. The predicted octanol–water partition coefficient (Wildman–Crippen LogP) is 1.52. The molecule has 1 aromatic heterocycles. The van der Waals surface area contributed by atoms with Crippen molar-refractivity contribution in [2.45, 2.75) is 4.90 Å². The lowest BCUT2D eigenvalue weighted by Gasteiger charge is -2.26. The van der Waals surface area contributed by atoms with Crippen molar-refractivity contribution < 1.29 is 27.1 Å². The maximum absolute atomic E-state index is 12.5. The van der Waals surface area contributed by atoms with Gasteiger partial charge >= 0.3 is 5.97 Å². The van der Waals surface area contributed by atoms with Crippen LogP contribution in [-0.2, 0) is 14.8 Å². The lowest BCUT2D eigenvalue weighted by molar-refractivity contribution is 0.0728. The van der Waals surface area contributed by atoms with Crippen LogP contribution in [-0.4, -0.2) is 45.0 Å². The Balaban J connectivity index is 1.72. The fourth-order valence-corrected chi connectivity index (χ4v) is 3.57. The molecule has 0 atom stereocenters. The van der Waals surface area contributed by atoms with E-state index in [2.05, 4.69) is 0 Å². The Morgan fingerprint density at radius 1 is 1.09 bits per heavy atom. The Kier molecular flexibility index (Phi) is 4.46. The maximum Gasteiger partial charge on any atom is 0.346 e. The number of benzene rings is 1. The molecule has 1 fully saturated rings. The van der Waals surface area contributed by atoms with Gasteiger partial charge in [-0.3, -0.25) is 0 Å². The first-order chi connectivity index (χ1) is 11.1. The molecule has 0 aliphatic carbocycles. The first-order valence-electron chi connectivity index (χ1n) is 7.00. The molecule has 0 saturated carbocycles. The van der Waals surface area contributed by atoms with E-state index in [0.717, 1.165) is 0 Å². The van der Waals surface area contributed by atoms with Gasteiger partial charge in [0.1, 0.15) is 12.0 Å². The molecule has 1 aliphatic rings. The summed E-state index contributed by atoms with van der Waals surface area (Å²) in [6.45, 7) is 1.44. The third-order valence-electron chi connectivity index (χ3n) is 3.40. The second-order valence-electron chi connectivity index (χ2n) is 4.89. The summed E-state index contributed by atoms with van der Waals surface area (Å²) in [7, 11) is -3.55. The second kappa shape index (κ2) is 6.53. The number of esters is 1. The average Bonchev–Trinajstić information content (AvgIpc) is 3.11. The quantitative estimate of drug-likeness (QED) is 0.621. The summed E-state index contributed by atoms with van der Waals surface area (Å²) < 4.78 is 41.4. The van der Waals surface area contributed by atoms with Gasteiger partial charge in [-0.1, -0.05) is 0 Å². The molecular weight excluding hydrogens is 322 g/mol. The van der Waals surface area contributed by atoms with E-state index in [1.165, 1.54) is 47.2 Å². The monoisotopic (exact) mass is 337 g/mol. The van der Waals surface area contributed by atoms with E-state index >= 15 is 0 Å². The molecule has 0 spiro atoms. The lowest BCUT2D eigenvalue weighted by Crippen LogP contribution is -2.40. The standard InChI is InChI=1S/C15H15NO6S/c17-15(12-5-8-21-11-12)22-13-1-3-14(4-2-13)23(18,19)16-6-9-20-10-7-16/h1-5,8,11H,6-7,9-10H2. The van der Waals surface area contributed by atoms with E-state index in [0.29, 0.717) is 26.3 Å². The summed E-state index contributed by atoms with van der Waals surface area (Å²) in [6.07, 6.45) is 2.65. The van der Waals surface area contributed by atoms with E-state index in [-0.39, 0.29) is 16.2 Å². The van der Waals surface area contributed by atoms with Gasteiger partial charge in [-0.15, -0.1) is 0 Å². The van der Waals surface area contributed by atoms with E-state index in [1.54, 1.807) is 0 Å². The molecule has 2 aromatic rings. The predicted molar refractivity (Wildman–Crippen MR) is 79.7 cm³/mol. The normalized spacial score (nSPS) is 16.2. The number of furan rings is 1. The van der Waals surface area contributed by atoms with Crippen molar-refractivity contribution >= 4 is 16.0 Å². The molecule has 3 rings (SSSR count). The summed E-state index contributed by atoms with van der Waals surface area (Å²) in [5.41, 5.74) is 0.287. The number of carbonyl (C=O) groups is 1. The Labute approximate surface area is 133 Å². The van der Waals surface area contributed by atoms with Crippen molar-refractivity contribution in [3.63, 3.8) is 0 Å². The molecule has 0 unspecified atom stereocenters. The molecule has 0 bridgehead atoms. The van der Waals surface area contributed by atoms with Gasteiger partial charge < -0.3 is 13.9 Å². The van der Waals surface area contributed by atoms with Crippen LogP contribution in [0, 0.1) is 0 Å². The van der Waals surface area contributed by atoms with Crippen LogP contribution in [0.3, 0.4) is 0 Å². The van der Waals surface area contributed by atoms with Gasteiger partial charge in [-0.2, -0.15) is 4.31 Å². The number of hydrogen-bond acceptors (Lipinski definition) is 6. The molecule has 8 heteroatoms. The summed E-state index contributed by atoms with van der Waals surface area (Å²) >= 11 is 0. The van der Waals surface area contributed by atoms with Gasteiger partial charge in [0.25, 0.3) is 0 Å². The largest absolute Gasteiger partial charge is 0.472 e. The number of rotatable bonds is 4. The maximum atomic E-state index is 12.5. The number of morpholine rings is 1. The van der Waals surface area contributed by atoms with Gasteiger partial charge in [-0.25, -0.2) is 13.2 Å². The molecule has 1 aliphatic heterocycles. The fraction of sp³-hybridized carbons (Fsp3) is 0.267. The molecule has 7 nitrogen and oxygen atoms in total. The molecule has 23 heavy (non-hydrogen) atoms. The smallest absolute Gasteiger partial charge is 0.346 e. The van der Waals surface area contributed by atoms with Crippen LogP contribution in [0.1, 0.15) is 10.4 Å². The Morgan fingerprint density at radius 3 is 2.39 bits per heavy atom. The van der Waals surface area contributed by atoms with Gasteiger partial charge in [0.15, 0.2) is 0 Å². The SMILES string of the molecule is O=C(Oc1ccc(S(=O)(=O)N2CCOCC2)cc1)c1ccoc1. The van der Waals surface area contributed by atoms with Crippen LogP contribution in [0.5, 0.6) is 5.75 Å². The van der Waals surface area contributed by atoms with Crippen LogP contribution in [0.15, 0.2) is 52.2 Å². The minimum atomic E-state index is -3.55. The van der Waals surface area contributed by atoms with Gasteiger partial charge in [-0.05, 0) is 30.3 Å². The molecule has 122 valence electrons. The summed E-state index contributed by atoms with van der Waals surface area (Å²) in [5.74, 6) is -0.306. The first-order valence-corrected chi connectivity index (χ1v) is 8.44. The highest BCUT2D eigenvalue weighted by Gasteiger charge is 2.26. The van der Waals surface area contributed by atoms with E-state index < -0.39 is 16.0 Å². The zero-order chi connectivity index (χ0) is 16.3. The van der Waals surface area contributed by atoms with Crippen molar-refractivity contribution in [2.24, 2.45) is 0 Å². The number of carbonyl (C=O) groups excluding carboxylic acids is 1. The highest BCUT2D eigenvalue weighted by molar-refractivity contribution is 7.89. The topological polar surface area (TPSA) is 86.1 Å². The number of sulfonamides is 1. The zero-order valence-electron chi connectivity index (χ0n) is 12.2. The number of hydrogen-bond donors (Lipinski definition) is 0. The van der Waals surface area contributed by atoms with Crippen molar-refractivity contribution in [3.8, 4) is 5.75 Å². The molecule has 0 N–H and O–H groups in total. The minimum Gasteiger partial charge on any atom is -0.472 e. The summed E-state index contributed by atoms with van der Waals surface area (Å²) in [6, 6.07) is 7.22. The van der Waals surface area contributed by atoms with Crippen molar-refractivity contribution in [1.29, 1.82) is 0 Å². The summed E-state index contributed by atoms with van der Waals surface area (Å²) in [4.78, 5) is 11.9. The molecule has 0 amide bonds. The molecule has 0 radical (unpaired) electrons. The minimum absolute atomic E-state index is 0.155. The molecule has 1 aromatic carbocycles. The van der Waals surface area contributed by atoms with Crippen molar-refractivity contribution in [3.05, 3.63) is 48.4 Å². The highest BCUT2D eigenvalue weighted by Crippen LogP contribution is 2.21. The number of ether oxygens (including phenoxy) is 2. The second-order valence-corrected chi connectivity index (χ2v) is 6.83. The van der Waals surface area contributed by atoms with Crippen LogP contribution in [0.25, 0.3) is 0 Å². The van der Waals surface area contributed by atoms with Crippen molar-refractivity contribution in [2.75, 3.05) is 26.3 Å². The molecular formula is C15H15NO6S. The third kappa shape index (κ3) is 3.44. The summed E-state index contributed by atoms with van der Waals surface area (Å²) in [5, 5.41) is 0. The van der Waals surface area contributed by atoms with Crippen LogP contribution in [0.4, 0.5) is 0 Å². The fourth-order valence-electron chi connectivity index (χ4n) is 2.16. The third-order valence-corrected chi connectivity index (χ3v) is 5.31. The van der Waals surface area contributed by atoms with Gasteiger partial charge in [0.05, 0.1) is 29.9 Å². The lowest BCUT2D eigenvalue weighted by atomic mass is 10.3.